The molecule has 0 aromatic heterocycles. The highest BCUT2D eigenvalue weighted by Crippen LogP contribution is 2.10. The SMILES string of the molecule is CC/C=C\C/C=C\C/C=C\C/C=C\C/C=C\C/C=C\C/C=C\CCCCCCCC(=O)OC(CO)COC(=O)CCCCC/C=C\C/C=C\C/C=C\C/C=C\C/C=C\CC. The summed E-state index contributed by atoms with van der Waals surface area (Å²) in [5, 5.41) is 9.60. The molecule has 0 aromatic carbocycles. The van der Waals surface area contributed by atoms with Crippen LogP contribution in [0.2, 0.25) is 0 Å². The summed E-state index contributed by atoms with van der Waals surface area (Å²) < 4.78 is 10.6. The number of carbonyl (C=O) groups is 2. The first-order chi connectivity index (χ1) is 29.6. The van der Waals surface area contributed by atoms with Crippen molar-refractivity contribution in [1.29, 1.82) is 0 Å². The number of rotatable bonds is 40. The predicted molar refractivity (Wildman–Crippen MR) is 260 cm³/mol. The molecular weight excluding hydrogens is 741 g/mol. The maximum absolute atomic E-state index is 12.2. The van der Waals surface area contributed by atoms with Crippen LogP contribution in [0.15, 0.2) is 146 Å². The zero-order valence-corrected chi connectivity index (χ0v) is 37.9. The third-order valence-electron chi connectivity index (χ3n) is 9.13. The molecule has 0 aromatic rings. The van der Waals surface area contributed by atoms with Crippen LogP contribution in [0.5, 0.6) is 0 Å². The zero-order chi connectivity index (χ0) is 43.5. The molecular formula is C55H84O5. The molecule has 0 spiro atoms. The number of hydrogen-bond donors (Lipinski definition) is 1. The fourth-order valence-electron chi connectivity index (χ4n) is 5.68. The van der Waals surface area contributed by atoms with Crippen molar-refractivity contribution in [3.05, 3.63) is 146 Å². The van der Waals surface area contributed by atoms with Crippen LogP contribution >= 0.6 is 0 Å². The number of ether oxygens (including phenoxy) is 2. The Morgan fingerprint density at radius 3 is 1.02 bits per heavy atom. The van der Waals surface area contributed by atoms with E-state index in [2.05, 4.69) is 160 Å². The lowest BCUT2D eigenvalue weighted by atomic mass is 10.1. The minimum atomic E-state index is -0.809. The van der Waals surface area contributed by atoms with Gasteiger partial charge in [-0.05, 0) is 116 Å². The lowest BCUT2D eigenvalue weighted by molar-refractivity contribution is -0.161. The van der Waals surface area contributed by atoms with E-state index in [4.69, 9.17) is 9.47 Å². The van der Waals surface area contributed by atoms with Crippen molar-refractivity contribution in [2.75, 3.05) is 13.2 Å². The molecule has 0 aliphatic heterocycles. The molecule has 1 atom stereocenters. The van der Waals surface area contributed by atoms with Crippen LogP contribution in [-0.4, -0.2) is 36.4 Å². The molecule has 60 heavy (non-hydrogen) atoms. The standard InChI is InChI=1S/C55H84O5/c1-3-5-7-9-11-13-15-17-19-21-23-24-25-26-27-28-29-30-32-34-36-38-40-42-44-46-48-50-55(58)60-53(51-56)52-59-54(57)49-47-45-43-41-39-37-35-33-31-22-20-18-16-14-12-10-8-6-4-2/h5-8,11-14,17-20,23-24,26-27,29-31,33-34,36-37,39,53,56H,3-4,9-10,15-16,21-22,25,28,32,35,38,40-52H2,1-2H3/b7-5-,8-6-,13-11-,14-12-,19-17-,20-18-,24-23-,27-26-,30-29-,33-31-,36-34-,39-37-. The lowest BCUT2D eigenvalue weighted by Crippen LogP contribution is -2.28. The summed E-state index contributed by atoms with van der Waals surface area (Å²) in [5.74, 6) is -0.666. The number of aliphatic hydroxyl groups is 1. The number of aliphatic hydroxyl groups excluding tert-OH is 1. The molecule has 334 valence electrons. The van der Waals surface area contributed by atoms with Crippen molar-refractivity contribution < 1.29 is 24.2 Å². The van der Waals surface area contributed by atoms with E-state index in [1.165, 1.54) is 0 Å². The molecule has 0 aliphatic rings. The fourth-order valence-corrected chi connectivity index (χ4v) is 5.68. The average molecular weight is 825 g/mol. The number of hydrogen-bond acceptors (Lipinski definition) is 5. The smallest absolute Gasteiger partial charge is 0.306 e. The van der Waals surface area contributed by atoms with Crippen LogP contribution in [0, 0.1) is 0 Å². The Balaban J connectivity index is 3.71. The Morgan fingerprint density at radius 2 is 0.667 bits per heavy atom. The van der Waals surface area contributed by atoms with E-state index in [-0.39, 0.29) is 25.2 Å². The third-order valence-corrected chi connectivity index (χ3v) is 9.13. The van der Waals surface area contributed by atoms with Crippen molar-refractivity contribution in [3.8, 4) is 0 Å². The van der Waals surface area contributed by atoms with E-state index in [1.807, 2.05) is 0 Å². The zero-order valence-electron chi connectivity index (χ0n) is 37.9. The van der Waals surface area contributed by atoms with E-state index in [0.29, 0.717) is 12.8 Å². The van der Waals surface area contributed by atoms with Gasteiger partial charge in [-0.2, -0.15) is 0 Å². The fraction of sp³-hybridized carbons (Fsp3) is 0.527. The molecule has 0 radical (unpaired) electrons. The molecule has 0 bridgehead atoms. The summed E-state index contributed by atoms with van der Waals surface area (Å²) in [4.78, 5) is 24.4. The van der Waals surface area contributed by atoms with Crippen molar-refractivity contribution in [2.24, 2.45) is 0 Å². The lowest BCUT2D eigenvalue weighted by Gasteiger charge is -2.15. The normalized spacial score (nSPS) is 13.6. The first kappa shape index (κ1) is 55.8. The Hall–Kier alpha value is -4.22. The number of allylic oxidation sites excluding steroid dienone is 24. The summed E-state index contributed by atoms with van der Waals surface area (Å²) in [6.07, 6.45) is 74.9. The minimum absolute atomic E-state index is 0.102. The highest BCUT2D eigenvalue weighted by atomic mass is 16.6. The summed E-state index contributed by atoms with van der Waals surface area (Å²) in [7, 11) is 0. The molecule has 0 rings (SSSR count). The maximum Gasteiger partial charge on any atom is 0.306 e. The Labute approximate surface area is 368 Å². The quantitative estimate of drug-likeness (QED) is 0.0378. The second kappa shape index (κ2) is 49.1. The van der Waals surface area contributed by atoms with E-state index in [1.54, 1.807) is 0 Å². The van der Waals surface area contributed by atoms with Crippen molar-refractivity contribution in [2.45, 2.75) is 174 Å². The Morgan fingerprint density at radius 1 is 0.383 bits per heavy atom. The van der Waals surface area contributed by atoms with Gasteiger partial charge in [-0.1, -0.05) is 185 Å². The summed E-state index contributed by atoms with van der Waals surface area (Å²) >= 11 is 0. The van der Waals surface area contributed by atoms with Crippen LogP contribution in [0.4, 0.5) is 0 Å². The second-order valence-electron chi connectivity index (χ2n) is 14.7. The highest BCUT2D eigenvalue weighted by Gasteiger charge is 2.16. The molecule has 0 fully saturated rings. The summed E-state index contributed by atoms with van der Waals surface area (Å²) in [6, 6.07) is 0. The van der Waals surface area contributed by atoms with Crippen LogP contribution < -0.4 is 0 Å². The van der Waals surface area contributed by atoms with Crippen LogP contribution in [-0.2, 0) is 19.1 Å². The molecule has 0 heterocycles. The van der Waals surface area contributed by atoms with Crippen LogP contribution in [0.25, 0.3) is 0 Å². The minimum Gasteiger partial charge on any atom is -0.462 e. The molecule has 5 nitrogen and oxygen atoms in total. The van der Waals surface area contributed by atoms with E-state index in [0.717, 1.165) is 141 Å². The van der Waals surface area contributed by atoms with E-state index >= 15 is 0 Å². The van der Waals surface area contributed by atoms with Gasteiger partial charge in [0.05, 0.1) is 6.61 Å². The Kier molecular flexibility index (Phi) is 45.7. The molecule has 1 unspecified atom stereocenters. The molecule has 0 saturated carbocycles. The monoisotopic (exact) mass is 825 g/mol. The van der Waals surface area contributed by atoms with Gasteiger partial charge in [0.1, 0.15) is 6.61 Å². The summed E-state index contributed by atoms with van der Waals surface area (Å²) in [6.45, 7) is 3.84. The van der Waals surface area contributed by atoms with Gasteiger partial charge < -0.3 is 14.6 Å². The van der Waals surface area contributed by atoms with Gasteiger partial charge in [0.15, 0.2) is 6.10 Å². The van der Waals surface area contributed by atoms with E-state index < -0.39 is 6.10 Å². The molecule has 0 saturated heterocycles. The van der Waals surface area contributed by atoms with Crippen LogP contribution in [0.1, 0.15) is 168 Å². The number of unbranched alkanes of at least 4 members (excludes halogenated alkanes) is 8. The first-order valence-electron chi connectivity index (χ1n) is 23.4. The van der Waals surface area contributed by atoms with Gasteiger partial charge in [0.2, 0.25) is 0 Å². The van der Waals surface area contributed by atoms with Crippen LogP contribution in [0.3, 0.4) is 0 Å². The largest absolute Gasteiger partial charge is 0.462 e. The first-order valence-corrected chi connectivity index (χ1v) is 23.4. The van der Waals surface area contributed by atoms with Gasteiger partial charge in [-0.25, -0.2) is 0 Å². The number of carbonyl (C=O) groups excluding carboxylic acids is 2. The molecule has 1 N–H and O–H groups in total. The van der Waals surface area contributed by atoms with Gasteiger partial charge in [-0.3, -0.25) is 9.59 Å². The van der Waals surface area contributed by atoms with Crippen molar-refractivity contribution in [3.63, 3.8) is 0 Å². The second-order valence-corrected chi connectivity index (χ2v) is 14.7. The highest BCUT2D eigenvalue weighted by molar-refractivity contribution is 5.70. The molecule has 5 heteroatoms. The number of esters is 2. The molecule has 0 amide bonds. The average Bonchev–Trinajstić information content (AvgIpc) is 3.25. The van der Waals surface area contributed by atoms with Gasteiger partial charge in [-0.15, -0.1) is 0 Å². The van der Waals surface area contributed by atoms with Gasteiger partial charge in [0, 0.05) is 12.8 Å². The predicted octanol–water partition coefficient (Wildman–Crippen LogP) is 15.5. The third kappa shape index (κ3) is 46.5. The maximum atomic E-state index is 12.2. The van der Waals surface area contributed by atoms with E-state index in [9.17, 15) is 14.7 Å². The topological polar surface area (TPSA) is 72.8 Å². The van der Waals surface area contributed by atoms with Gasteiger partial charge in [0.25, 0.3) is 0 Å². The summed E-state index contributed by atoms with van der Waals surface area (Å²) in [5.41, 5.74) is 0. The van der Waals surface area contributed by atoms with Gasteiger partial charge >= 0.3 is 11.9 Å². The molecule has 0 aliphatic carbocycles. The van der Waals surface area contributed by atoms with Crippen molar-refractivity contribution >= 4 is 11.9 Å². The van der Waals surface area contributed by atoms with Crippen molar-refractivity contribution in [1.82, 2.24) is 0 Å². The Bertz CT molecular complexity index is 1350.